The number of hydrogen-bond donors (Lipinski definition) is 2. The van der Waals surface area contributed by atoms with Crippen LogP contribution in [0.1, 0.15) is 18.5 Å². The van der Waals surface area contributed by atoms with E-state index in [0.29, 0.717) is 0 Å². The molecule has 2 nitrogen and oxygen atoms in total. The van der Waals surface area contributed by atoms with Crippen LogP contribution in [-0.4, -0.2) is 11.2 Å². The molecule has 2 unspecified atom stereocenters. The maximum absolute atomic E-state index is 9.30. The van der Waals surface area contributed by atoms with Gasteiger partial charge in [0.15, 0.2) is 0 Å². The molecule has 0 bridgehead atoms. The van der Waals surface area contributed by atoms with Crippen LogP contribution >= 0.6 is 31.9 Å². The molecule has 0 aromatic heterocycles. The summed E-state index contributed by atoms with van der Waals surface area (Å²) in [6, 6.07) is 5.40. The Bertz CT molecular complexity index is 281. The van der Waals surface area contributed by atoms with E-state index in [1.165, 1.54) is 0 Å². The van der Waals surface area contributed by atoms with Crippen LogP contribution in [0, 0.1) is 0 Å². The molecule has 0 aliphatic carbocycles. The van der Waals surface area contributed by atoms with Gasteiger partial charge in [-0.1, -0.05) is 31.9 Å². The number of rotatable bonds is 2. The van der Waals surface area contributed by atoms with Crippen LogP contribution in [-0.2, 0) is 0 Å². The van der Waals surface area contributed by atoms with Gasteiger partial charge in [-0.2, -0.15) is 0 Å². The van der Waals surface area contributed by atoms with Gasteiger partial charge < -0.3 is 10.8 Å². The smallest absolute Gasteiger partial charge is 0.0704 e. The average molecular weight is 309 g/mol. The van der Waals surface area contributed by atoms with Gasteiger partial charge in [0.2, 0.25) is 0 Å². The van der Waals surface area contributed by atoms with E-state index in [0.717, 1.165) is 14.5 Å². The van der Waals surface area contributed by atoms with E-state index in [1.54, 1.807) is 6.92 Å². The van der Waals surface area contributed by atoms with Crippen molar-refractivity contribution in [2.45, 2.75) is 19.1 Å². The molecule has 0 saturated carbocycles. The third-order valence-electron chi connectivity index (χ3n) is 1.79. The molecule has 0 aliphatic heterocycles. The van der Waals surface area contributed by atoms with Gasteiger partial charge in [-0.15, -0.1) is 0 Å². The van der Waals surface area contributed by atoms with Gasteiger partial charge in [-0.25, -0.2) is 0 Å². The molecule has 13 heavy (non-hydrogen) atoms. The molecule has 0 radical (unpaired) electrons. The van der Waals surface area contributed by atoms with E-state index < -0.39 is 6.10 Å². The van der Waals surface area contributed by atoms with E-state index >= 15 is 0 Å². The standard InChI is InChI=1S/C9H11Br2NO/c1-5(13)9(12)6-2-7(10)4-8(11)3-6/h2-5,9,13H,12H2,1H3. The van der Waals surface area contributed by atoms with Crippen molar-refractivity contribution in [1.82, 2.24) is 0 Å². The fourth-order valence-corrected chi connectivity index (χ4v) is 2.38. The first-order chi connectivity index (χ1) is 6.00. The number of aliphatic hydroxyl groups excluding tert-OH is 1. The third kappa shape index (κ3) is 3.06. The average Bonchev–Trinajstić information content (AvgIpc) is 2.01. The predicted octanol–water partition coefficient (Wildman–Crippen LogP) is 2.59. The van der Waals surface area contributed by atoms with E-state index in [4.69, 9.17) is 5.73 Å². The molecule has 1 rings (SSSR count). The molecular formula is C9H11Br2NO. The van der Waals surface area contributed by atoms with Crippen LogP contribution < -0.4 is 5.73 Å². The quantitative estimate of drug-likeness (QED) is 0.882. The number of benzene rings is 1. The van der Waals surface area contributed by atoms with Crippen molar-refractivity contribution in [3.63, 3.8) is 0 Å². The van der Waals surface area contributed by atoms with Gasteiger partial charge in [0, 0.05) is 8.95 Å². The summed E-state index contributed by atoms with van der Waals surface area (Å²) in [5, 5.41) is 9.30. The molecule has 72 valence electrons. The van der Waals surface area contributed by atoms with E-state index in [2.05, 4.69) is 31.9 Å². The minimum absolute atomic E-state index is 0.339. The maximum Gasteiger partial charge on any atom is 0.0704 e. The van der Waals surface area contributed by atoms with Gasteiger partial charge in [0.05, 0.1) is 12.1 Å². The second kappa shape index (κ2) is 4.55. The highest BCUT2D eigenvalue weighted by Crippen LogP contribution is 2.24. The lowest BCUT2D eigenvalue weighted by atomic mass is 10.0. The summed E-state index contributed by atoms with van der Waals surface area (Å²) >= 11 is 6.73. The number of nitrogens with two attached hydrogens (primary N) is 1. The normalized spacial score (nSPS) is 15.5. The summed E-state index contributed by atoms with van der Waals surface area (Å²) < 4.78 is 1.90. The Morgan fingerprint density at radius 3 is 2.08 bits per heavy atom. The summed E-state index contributed by atoms with van der Waals surface area (Å²) in [5.41, 5.74) is 6.70. The molecule has 0 spiro atoms. The van der Waals surface area contributed by atoms with Crippen LogP contribution in [0.5, 0.6) is 0 Å². The molecule has 3 N–H and O–H groups in total. The van der Waals surface area contributed by atoms with Crippen LogP contribution in [0.4, 0.5) is 0 Å². The molecule has 0 heterocycles. The summed E-state index contributed by atoms with van der Waals surface area (Å²) in [4.78, 5) is 0. The second-order valence-electron chi connectivity index (χ2n) is 2.97. The Morgan fingerprint density at radius 1 is 1.23 bits per heavy atom. The zero-order valence-corrected chi connectivity index (χ0v) is 10.3. The lowest BCUT2D eigenvalue weighted by Crippen LogP contribution is -2.23. The van der Waals surface area contributed by atoms with Crippen molar-refractivity contribution in [2.24, 2.45) is 5.73 Å². The summed E-state index contributed by atoms with van der Waals surface area (Å²) in [5.74, 6) is 0. The van der Waals surface area contributed by atoms with Gasteiger partial charge >= 0.3 is 0 Å². The summed E-state index contributed by atoms with van der Waals surface area (Å²) in [6.07, 6.45) is -0.541. The number of aliphatic hydroxyl groups is 1. The fourth-order valence-electron chi connectivity index (χ4n) is 1.05. The molecule has 0 saturated heterocycles. The highest BCUT2D eigenvalue weighted by atomic mass is 79.9. The van der Waals surface area contributed by atoms with Crippen LogP contribution in [0.15, 0.2) is 27.1 Å². The van der Waals surface area contributed by atoms with Gasteiger partial charge in [-0.05, 0) is 30.7 Å². The van der Waals surface area contributed by atoms with E-state index in [9.17, 15) is 5.11 Å². The SMILES string of the molecule is CC(O)C(N)c1cc(Br)cc(Br)c1. The predicted molar refractivity (Wildman–Crippen MR) is 60.5 cm³/mol. The van der Waals surface area contributed by atoms with Gasteiger partial charge in [0.25, 0.3) is 0 Å². The Balaban J connectivity index is 3.01. The van der Waals surface area contributed by atoms with Crippen molar-refractivity contribution < 1.29 is 5.11 Å². The first kappa shape index (κ1) is 11.2. The number of halogens is 2. The monoisotopic (exact) mass is 307 g/mol. The van der Waals surface area contributed by atoms with E-state index in [1.807, 2.05) is 18.2 Å². The van der Waals surface area contributed by atoms with Crippen molar-refractivity contribution in [1.29, 1.82) is 0 Å². The van der Waals surface area contributed by atoms with Crippen molar-refractivity contribution in [3.05, 3.63) is 32.7 Å². The Hall–Kier alpha value is 0.1000. The fraction of sp³-hybridized carbons (Fsp3) is 0.333. The summed E-state index contributed by atoms with van der Waals surface area (Å²) in [7, 11) is 0. The van der Waals surface area contributed by atoms with Crippen LogP contribution in [0.3, 0.4) is 0 Å². The third-order valence-corrected chi connectivity index (χ3v) is 2.71. The van der Waals surface area contributed by atoms with Crippen molar-refractivity contribution in [3.8, 4) is 0 Å². The minimum Gasteiger partial charge on any atom is -0.391 e. The zero-order chi connectivity index (χ0) is 10.0. The molecular weight excluding hydrogens is 298 g/mol. The Labute approximate surface area is 94.4 Å². The lowest BCUT2D eigenvalue weighted by molar-refractivity contribution is 0.164. The first-order valence-corrected chi connectivity index (χ1v) is 5.49. The van der Waals surface area contributed by atoms with Crippen molar-refractivity contribution >= 4 is 31.9 Å². The maximum atomic E-state index is 9.30. The zero-order valence-electron chi connectivity index (χ0n) is 7.17. The topological polar surface area (TPSA) is 46.2 Å². The first-order valence-electron chi connectivity index (χ1n) is 3.90. The van der Waals surface area contributed by atoms with Crippen molar-refractivity contribution in [2.75, 3.05) is 0 Å². The van der Waals surface area contributed by atoms with E-state index in [-0.39, 0.29) is 6.04 Å². The summed E-state index contributed by atoms with van der Waals surface area (Å²) in [6.45, 7) is 1.68. The van der Waals surface area contributed by atoms with Crippen LogP contribution in [0.25, 0.3) is 0 Å². The largest absolute Gasteiger partial charge is 0.391 e. The number of hydrogen-bond acceptors (Lipinski definition) is 2. The molecule has 0 fully saturated rings. The molecule has 4 heteroatoms. The van der Waals surface area contributed by atoms with Crippen LogP contribution in [0.2, 0.25) is 0 Å². The highest BCUT2D eigenvalue weighted by Gasteiger charge is 2.12. The van der Waals surface area contributed by atoms with Gasteiger partial charge in [0.1, 0.15) is 0 Å². The Kier molecular flexibility index (Phi) is 3.91. The molecule has 0 aliphatic rings. The second-order valence-corrected chi connectivity index (χ2v) is 4.80. The Morgan fingerprint density at radius 2 is 1.69 bits per heavy atom. The molecule has 0 amide bonds. The highest BCUT2D eigenvalue weighted by molar-refractivity contribution is 9.11. The minimum atomic E-state index is -0.541. The molecule has 2 atom stereocenters. The molecule has 1 aromatic rings. The lowest BCUT2D eigenvalue weighted by Gasteiger charge is -2.15. The van der Waals surface area contributed by atoms with Gasteiger partial charge in [-0.3, -0.25) is 0 Å². The molecule has 1 aromatic carbocycles.